The van der Waals surface area contributed by atoms with E-state index in [1.807, 2.05) is 0 Å². The van der Waals surface area contributed by atoms with E-state index in [0.29, 0.717) is 18.0 Å². The zero-order valence-corrected chi connectivity index (χ0v) is 8.31. The Kier molecular flexibility index (Phi) is 3.56. The van der Waals surface area contributed by atoms with Crippen LogP contribution in [0.4, 0.5) is 5.69 Å². The molecule has 0 saturated carbocycles. The molecule has 1 heterocycles. The second kappa shape index (κ2) is 4.48. The van der Waals surface area contributed by atoms with E-state index in [-0.39, 0.29) is 5.75 Å². The summed E-state index contributed by atoms with van der Waals surface area (Å²) in [6.45, 7) is 0. The summed E-state index contributed by atoms with van der Waals surface area (Å²) in [5.41, 5.74) is 0.328. The molecule has 0 aliphatic carbocycles. The van der Waals surface area contributed by atoms with E-state index in [9.17, 15) is 8.42 Å². The average Bonchev–Trinajstić information content (AvgIpc) is 2.52. The molecule has 0 aliphatic heterocycles. The van der Waals surface area contributed by atoms with Crippen LogP contribution in [0.3, 0.4) is 0 Å². The number of nitrogens with one attached hydrogen (secondary N) is 1. The first kappa shape index (κ1) is 10.3. The zero-order valence-electron chi connectivity index (χ0n) is 6.73. The average molecular weight is 225 g/mol. The van der Waals surface area contributed by atoms with Crippen LogP contribution in [0.5, 0.6) is 0 Å². The van der Waals surface area contributed by atoms with Crippen LogP contribution in [0.2, 0.25) is 0 Å². The number of rotatable bonds is 5. The zero-order chi connectivity index (χ0) is 9.73. The predicted octanol–water partition coefficient (Wildman–Crippen LogP) is 1.05. The van der Waals surface area contributed by atoms with Gasteiger partial charge in [-0.1, -0.05) is 5.16 Å². The van der Waals surface area contributed by atoms with Gasteiger partial charge in [0.15, 0.2) is 0 Å². The van der Waals surface area contributed by atoms with Gasteiger partial charge >= 0.3 is 0 Å². The van der Waals surface area contributed by atoms with Crippen LogP contribution in [0.1, 0.15) is 6.42 Å². The lowest BCUT2D eigenvalue weighted by Crippen LogP contribution is -2.16. The summed E-state index contributed by atoms with van der Waals surface area (Å²) in [5.74, 6) is 0.326. The molecule has 0 unspecified atom stereocenters. The van der Waals surface area contributed by atoms with Crippen LogP contribution in [0.25, 0.3) is 0 Å². The van der Waals surface area contributed by atoms with Crippen LogP contribution in [0, 0.1) is 0 Å². The molecule has 5 nitrogen and oxygen atoms in total. The maximum absolute atomic E-state index is 11.2. The molecule has 7 heteroatoms. The van der Waals surface area contributed by atoms with E-state index in [1.54, 1.807) is 0 Å². The first-order valence-electron chi connectivity index (χ1n) is 3.60. The molecule has 1 aromatic rings. The monoisotopic (exact) mass is 224 g/mol. The Balaban J connectivity index is 2.53. The fourth-order valence-electron chi connectivity index (χ4n) is 0.730. The Morgan fingerprint density at radius 2 is 2.38 bits per heavy atom. The van der Waals surface area contributed by atoms with E-state index in [1.165, 1.54) is 12.5 Å². The first-order chi connectivity index (χ1) is 6.14. The van der Waals surface area contributed by atoms with E-state index < -0.39 is 10.0 Å². The first-order valence-corrected chi connectivity index (χ1v) is 5.78. The summed E-state index contributed by atoms with van der Waals surface area (Å²) in [7, 11) is -3.30. The highest BCUT2D eigenvalue weighted by molar-refractivity contribution is 7.92. The van der Waals surface area contributed by atoms with E-state index in [2.05, 4.69) is 14.4 Å². The number of nitrogens with zero attached hydrogens (tertiary/aromatic N) is 1. The third kappa shape index (κ3) is 3.65. The quantitative estimate of drug-likeness (QED) is 0.759. The smallest absolute Gasteiger partial charge is 0.232 e. The topological polar surface area (TPSA) is 72.2 Å². The van der Waals surface area contributed by atoms with Gasteiger partial charge in [0.2, 0.25) is 10.0 Å². The van der Waals surface area contributed by atoms with Gasteiger partial charge in [-0.05, 0) is 6.42 Å². The van der Waals surface area contributed by atoms with Crippen LogP contribution < -0.4 is 4.72 Å². The van der Waals surface area contributed by atoms with Crippen molar-refractivity contribution >= 4 is 27.3 Å². The standard InChI is InChI=1S/C6H9ClN2O3S/c7-2-1-3-13(10,11)9-6-4-8-12-5-6/h4-5,9H,1-3H2. The SMILES string of the molecule is O=S(=O)(CCCCl)Nc1cnoc1. The minimum absolute atomic E-state index is 0.00167. The summed E-state index contributed by atoms with van der Waals surface area (Å²) in [4.78, 5) is 0. The van der Waals surface area contributed by atoms with Gasteiger partial charge in [-0.2, -0.15) is 0 Å². The van der Waals surface area contributed by atoms with Crippen LogP contribution >= 0.6 is 11.6 Å². The number of halogens is 1. The van der Waals surface area contributed by atoms with Gasteiger partial charge in [0.1, 0.15) is 12.0 Å². The second-order valence-corrected chi connectivity index (χ2v) is 4.60. The summed E-state index contributed by atoms with van der Waals surface area (Å²) >= 11 is 5.37. The molecule has 0 fully saturated rings. The van der Waals surface area contributed by atoms with Gasteiger partial charge in [0.05, 0.1) is 11.9 Å². The van der Waals surface area contributed by atoms with Crippen molar-refractivity contribution in [2.24, 2.45) is 0 Å². The largest absolute Gasteiger partial charge is 0.362 e. The number of hydrogen-bond donors (Lipinski definition) is 1. The van der Waals surface area contributed by atoms with Crippen molar-refractivity contribution in [3.63, 3.8) is 0 Å². The third-order valence-corrected chi connectivity index (χ3v) is 2.89. The Bertz CT molecular complexity index is 335. The predicted molar refractivity (Wildman–Crippen MR) is 49.2 cm³/mol. The second-order valence-electron chi connectivity index (χ2n) is 2.38. The maximum atomic E-state index is 11.2. The van der Waals surface area contributed by atoms with Crippen molar-refractivity contribution in [3.05, 3.63) is 12.5 Å². The van der Waals surface area contributed by atoms with Crippen molar-refractivity contribution in [3.8, 4) is 0 Å². The molecule has 0 spiro atoms. The van der Waals surface area contributed by atoms with E-state index in [0.717, 1.165) is 0 Å². The molecule has 0 radical (unpaired) electrons. The minimum Gasteiger partial charge on any atom is -0.362 e. The highest BCUT2D eigenvalue weighted by Gasteiger charge is 2.10. The van der Waals surface area contributed by atoms with Crippen molar-refractivity contribution in [2.75, 3.05) is 16.4 Å². The summed E-state index contributed by atoms with van der Waals surface area (Å²) < 4.78 is 29.2. The van der Waals surface area contributed by atoms with Gasteiger partial charge in [-0.15, -0.1) is 11.6 Å². The number of anilines is 1. The van der Waals surface area contributed by atoms with E-state index in [4.69, 9.17) is 11.6 Å². The Labute approximate surface area is 81.1 Å². The minimum atomic E-state index is -3.30. The molecular formula is C6H9ClN2O3S. The Morgan fingerprint density at radius 3 is 2.92 bits per heavy atom. The lowest BCUT2D eigenvalue weighted by atomic mass is 10.6. The van der Waals surface area contributed by atoms with Crippen molar-refractivity contribution < 1.29 is 12.9 Å². The Hall–Kier alpha value is -0.750. The third-order valence-electron chi connectivity index (χ3n) is 1.25. The molecule has 13 heavy (non-hydrogen) atoms. The normalized spacial score (nSPS) is 11.5. The lowest BCUT2D eigenvalue weighted by Gasteiger charge is -2.02. The Morgan fingerprint density at radius 1 is 1.62 bits per heavy atom. The summed E-state index contributed by atoms with van der Waals surface area (Å²) in [6.07, 6.45) is 2.93. The molecule has 0 amide bonds. The maximum Gasteiger partial charge on any atom is 0.232 e. The van der Waals surface area contributed by atoms with Gasteiger partial charge in [0, 0.05) is 5.88 Å². The number of alkyl halides is 1. The van der Waals surface area contributed by atoms with Gasteiger partial charge < -0.3 is 4.52 Å². The number of aromatic nitrogens is 1. The lowest BCUT2D eigenvalue weighted by molar-refractivity contribution is 0.420. The highest BCUT2D eigenvalue weighted by atomic mass is 35.5. The molecule has 1 aromatic heterocycles. The van der Waals surface area contributed by atoms with Crippen molar-refractivity contribution in [1.82, 2.24) is 5.16 Å². The van der Waals surface area contributed by atoms with Gasteiger partial charge in [0.25, 0.3) is 0 Å². The highest BCUT2D eigenvalue weighted by Crippen LogP contribution is 2.07. The summed E-state index contributed by atoms with van der Waals surface area (Å²) in [6, 6.07) is 0. The molecule has 1 rings (SSSR count). The molecule has 0 saturated heterocycles. The number of hydrogen-bond acceptors (Lipinski definition) is 4. The molecular weight excluding hydrogens is 216 g/mol. The van der Waals surface area contributed by atoms with Crippen LogP contribution in [-0.2, 0) is 10.0 Å². The van der Waals surface area contributed by atoms with Crippen molar-refractivity contribution in [1.29, 1.82) is 0 Å². The fourth-order valence-corrected chi connectivity index (χ4v) is 2.11. The van der Waals surface area contributed by atoms with Gasteiger partial charge in [-0.25, -0.2) is 8.42 Å². The molecule has 0 atom stereocenters. The molecule has 1 N–H and O–H groups in total. The molecule has 0 aliphatic rings. The van der Waals surface area contributed by atoms with Crippen LogP contribution in [0.15, 0.2) is 17.0 Å². The van der Waals surface area contributed by atoms with Crippen molar-refractivity contribution in [2.45, 2.75) is 6.42 Å². The fraction of sp³-hybridized carbons (Fsp3) is 0.500. The summed E-state index contributed by atoms with van der Waals surface area (Å²) in [5, 5.41) is 3.36. The van der Waals surface area contributed by atoms with Gasteiger partial charge in [-0.3, -0.25) is 4.72 Å². The van der Waals surface area contributed by atoms with Crippen LogP contribution in [-0.4, -0.2) is 25.2 Å². The molecule has 0 bridgehead atoms. The number of sulfonamides is 1. The molecule has 74 valence electrons. The van der Waals surface area contributed by atoms with E-state index >= 15 is 0 Å². The molecule has 0 aromatic carbocycles.